The van der Waals surface area contributed by atoms with Crippen LogP contribution in [0.4, 0.5) is 0 Å². The Bertz CT molecular complexity index is 1650. The van der Waals surface area contributed by atoms with Crippen molar-refractivity contribution in [3.05, 3.63) is 68.8 Å². The molecule has 0 saturated heterocycles. The van der Waals surface area contributed by atoms with Gasteiger partial charge in [-0.1, -0.05) is 69.7 Å². The van der Waals surface area contributed by atoms with E-state index in [0.717, 1.165) is 36.0 Å². The zero-order valence-electron chi connectivity index (χ0n) is 33.2. The third kappa shape index (κ3) is 8.30. The molecule has 0 N–H and O–H groups in total. The number of rotatable bonds is 14. The minimum absolute atomic E-state index is 0.0438. The molecule has 4 aliphatic carbocycles. The number of Topliss-reactive ketones (excluding diaryl/α,β-unsaturated/α-hetero) is 1. The lowest BCUT2D eigenvalue weighted by atomic mass is 9.37. The van der Waals surface area contributed by atoms with Gasteiger partial charge in [0.05, 0.1) is 6.61 Å². The van der Waals surface area contributed by atoms with Gasteiger partial charge in [-0.05, 0) is 117 Å². The number of hydrogen-bond donors (Lipinski definition) is 0. The van der Waals surface area contributed by atoms with E-state index >= 15 is 0 Å². The van der Waals surface area contributed by atoms with Crippen molar-refractivity contribution in [3.63, 3.8) is 0 Å². The van der Waals surface area contributed by atoms with Gasteiger partial charge in [0, 0.05) is 31.3 Å². The maximum Gasteiger partial charge on any atom is 0.334 e. The Labute approximate surface area is 319 Å². The molecule has 11 heteroatoms. The molecule has 4 fully saturated rings. The Balaban J connectivity index is 1.43. The number of allylic oxidation sites excluding steroid dienone is 2. The number of ether oxygens (including phenoxy) is 3. The van der Waals surface area contributed by atoms with E-state index in [1.807, 2.05) is 44.2 Å². The van der Waals surface area contributed by atoms with Gasteiger partial charge < -0.3 is 19.0 Å². The molecule has 1 aromatic rings. The van der Waals surface area contributed by atoms with Crippen LogP contribution in [0, 0.1) is 50.0 Å². The first-order valence-electron chi connectivity index (χ1n) is 19.8. The number of nitrogens with zero attached hydrogens (tertiary/aromatic N) is 1. The summed E-state index contributed by atoms with van der Waals surface area (Å²) in [6, 6.07) is 9.54. The normalized spacial score (nSPS) is 33.6. The highest BCUT2D eigenvalue weighted by molar-refractivity contribution is 5.91. The lowest BCUT2D eigenvalue weighted by Gasteiger charge is -2.67. The maximum absolute atomic E-state index is 14.8. The molecule has 0 heterocycles. The summed E-state index contributed by atoms with van der Waals surface area (Å²) in [5.41, 5.74) is 2.07. The molecule has 0 radical (unpaired) electrons. The molecule has 11 nitrogen and oxygen atoms in total. The third-order valence-corrected chi connectivity index (χ3v) is 13.8. The summed E-state index contributed by atoms with van der Waals surface area (Å²) in [5.74, 6) is -1.31. The zero-order valence-corrected chi connectivity index (χ0v) is 33.2. The molecule has 0 unspecified atom stereocenters. The first kappa shape index (κ1) is 41.1. The predicted molar refractivity (Wildman–Crippen MR) is 201 cm³/mol. The van der Waals surface area contributed by atoms with Crippen LogP contribution in [0.2, 0.25) is 0 Å². The lowest BCUT2D eigenvalue weighted by molar-refractivity contribution is -0.757. The average Bonchev–Trinajstić information content (AvgIpc) is 3.37. The molecule has 0 spiro atoms. The van der Waals surface area contributed by atoms with Crippen molar-refractivity contribution in [2.75, 3.05) is 6.61 Å². The standard InChI is InChI=1S/C43H59NO10/c1-27(2)14-13-17-31(40(48)51-26-30-15-9-8-10-16-30)38-33-24-34(46)39-41(5)21-20-35(54-37(47)18-11-12-23-52-44(49)50)28(3)32(41)19-22-42(39,6)43(33,7)25-36(38)53-29(4)45/h8-10,14-16,28,32-33,35-36,39H,11-13,17-26H2,1-7H3/b38-31-/t28-,32-,33-,35+,36-,39-,41-,42-,43-/m0/s1. The fourth-order valence-electron chi connectivity index (χ4n) is 11.2. The van der Waals surface area contributed by atoms with Gasteiger partial charge in [0.25, 0.3) is 5.09 Å². The van der Waals surface area contributed by atoms with Crippen molar-refractivity contribution < 1.29 is 43.3 Å². The van der Waals surface area contributed by atoms with Crippen LogP contribution in [0.15, 0.2) is 53.1 Å². The molecular formula is C43H59NO10. The number of hydrogen-bond acceptors (Lipinski definition) is 10. The maximum atomic E-state index is 14.8. The molecule has 296 valence electrons. The second kappa shape index (κ2) is 16.8. The minimum Gasteiger partial charge on any atom is -0.462 e. The first-order chi connectivity index (χ1) is 25.5. The summed E-state index contributed by atoms with van der Waals surface area (Å²) in [6.45, 7) is 14.4. The molecule has 0 bridgehead atoms. The van der Waals surface area contributed by atoms with Crippen molar-refractivity contribution in [3.8, 4) is 0 Å². The van der Waals surface area contributed by atoms with Crippen molar-refractivity contribution in [2.45, 2.75) is 138 Å². The number of benzene rings is 1. The van der Waals surface area contributed by atoms with Gasteiger partial charge in [-0.15, -0.1) is 10.1 Å². The second-order valence-electron chi connectivity index (χ2n) is 17.2. The van der Waals surface area contributed by atoms with Gasteiger partial charge in [0.2, 0.25) is 0 Å². The van der Waals surface area contributed by atoms with E-state index in [2.05, 4.69) is 38.6 Å². The minimum atomic E-state index is -0.832. The van der Waals surface area contributed by atoms with E-state index in [1.54, 1.807) is 0 Å². The highest BCUT2D eigenvalue weighted by Gasteiger charge is 2.71. The molecular weight excluding hydrogens is 690 g/mol. The monoisotopic (exact) mass is 749 g/mol. The molecule has 0 amide bonds. The second-order valence-corrected chi connectivity index (χ2v) is 17.2. The topological polar surface area (TPSA) is 148 Å². The lowest BCUT2D eigenvalue weighted by Crippen LogP contribution is -2.64. The summed E-state index contributed by atoms with van der Waals surface area (Å²) >= 11 is 0. The SMILES string of the molecule is CC(=O)O[C@H]1C[C@@]2(C)[C@@H](CC(=O)[C@H]3[C@@]4(C)CC[C@@H](OC(=O)CCCCO[N+](=O)[O-])[C@@H](C)[C@@H]4CC[C@@]32C)/C1=C(\CCC=C(C)C)C(=O)OCc1ccccc1. The van der Waals surface area contributed by atoms with Crippen LogP contribution in [0.25, 0.3) is 0 Å². The Morgan fingerprint density at radius 2 is 1.69 bits per heavy atom. The van der Waals surface area contributed by atoms with Crippen LogP contribution in [0.3, 0.4) is 0 Å². The fraction of sp³-hybridized carbons (Fsp3) is 0.674. The number of unbranched alkanes of at least 4 members (excludes halogenated alkanes) is 1. The van der Waals surface area contributed by atoms with Crippen molar-refractivity contribution in [1.29, 1.82) is 0 Å². The van der Waals surface area contributed by atoms with Gasteiger partial charge >= 0.3 is 17.9 Å². The molecule has 0 aliphatic heterocycles. The molecule has 54 heavy (non-hydrogen) atoms. The average molecular weight is 750 g/mol. The van der Waals surface area contributed by atoms with Gasteiger partial charge in [0.1, 0.15) is 24.6 Å². The third-order valence-electron chi connectivity index (χ3n) is 13.8. The predicted octanol–water partition coefficient (Wildman–Crippen LogP) is 8.46. The Morgan fingerprint density at radius 1 is 0.963 bits per heavy atom. The van der Waals surface area contributed by atoms with Gasteiger partial charge in [-0.25, -0.2) is 4.79 Å². The fourth-order valence-corrected chi connectivity index (χ4v) is 11.2. The van der Waals surface area contributed by atoms with E-state index in [1.165, 1.54) is 6.92 Å². The van der Waals surface area contributed by atoms with Gasteiger partial charge in [-0.3, -0.25) is 14.4 Å². The summed E-state index contributed by atoms with van der Waals surface area (Å²) in [5, 5.41) is 9.57. The van der Waals surface area contributed by atoms with Crippen LogP contribution >= 0.6 is 0 Å². The van der Waals surface area contributed by atoms with E-state index in [4.69, 9.17) is 14.2 Å². The molecule has 4 saturated carbocycles. The Kier molecular flexibility index (Phi) is 12.8. The number of ketones is 1. The quantitative estimate of drug-likeness (QED) is 0.0345. The summed E-state index contributed by atoms with van der Waals surface area (Å²) in [4.78, 5) is 69.2. The van der Waals surface area contributed by atoms with E-state index in [-0.39, 0.29) is 73.0 Å². The van der Waals surface area contributed by atoms with E-state index < -0.39 is 34.0 Å². The van der Waals surface area contributed by atoms with Gasteiger partial charge in [-0.2, -0.15) is 0 Å². The van der Waals surface area contributed by atoms with Crippen LogP contribution in [0.5, 0.6) is 0 Å². The van der Waals surface area contributed by atoms with E-state index in [9.17, 15) is 29.3 Å². The molecule has 5 rings (SSSR count). The summed E-state index contributed by atoms with van der Waals surface area (Å²) in [6.07, 6.45) is 7.01. The molecule has 1 aromatic carbocycles. The highest BCUT2D eigenvalue weighted by Crippen LogP contribution is 2.73. The smallest absolute Gasteiger partial charge is 0.334 e. The van der Waals surface area contributed by atoms with Gasteiger partial charge in [0.15, 0.2) is 0 Å². The van der Waals surface area contributed by atoms with Crippen molar-refractivity contribution in [2.24, 2.45) is 39.9 Å². The summed E-state index contributed by atoms with van der Waals surface area (Å²) < 4.78 is 18.1. The molecule has 9 atom stereocenters. The number of esters is 3. The van der Waals surface area contributed by atoms with Crippen molar-refractivity contribution >= 4 is 23.7 Å². The summed E-state index contributed by atoms with van der Waals surface area (Å²) in [7, 11) is 0. The zero-order chi connectivity index (χ0) is 39.4. The first-order valence-corrected chi connectivity index (χ1v) is 19.8. The number of fused-ring (bicyclic) bond motifs is 5. The number of carbonyl (C=O) groups is 4. The molecule has 4 aliphatic rings. The van der Waals surface area contributed by atoms with Crippen LogP contribution in [-0.2, 0) is 44.8 Å². The molecule has 0 aromatic heterocycles. The number of carbonyl (C=O) groups excluding carboxylic acids is 4. The Hall–Kier alpha value is -4.02. The van der Waals surface area contributed by atoms with Crippen LogP contribution in [0.1, 0.15) is 125 Å². The highest BCUT2D eigenvalue weighted by atomic mass is 16.9. The van der Waals surface area contributed by atoms with Crippen LogP contribution < -0.4 is 0 Å². The van der Waals surface area contributed by atoms with Crippen LogP contribution in [-0.4, -0.2) is 47.6 Å². The van der Waals surface area contributed by atoms with E-state index in [0.29, 0.717) is 44.1 Å². The van der Waals surface area contributed by atoms with Crippen molar-refractivity contribution in [1.82, 2.24) is 0 Å². The largest absolute Gasteiger partial charge is 0.462 e. The Morgan fingerprint density at radius 3 is 2.35 bits per heavy atom.